The van der Waals surface area contributed by atoms with Gasteiger partial charge in [0.25, 0.3) is 15.9 Å². The number of morpholine rings is 1. The molecule has 30 heavy (non-hydrogen) atoms. The van der Waals surface area contributed by atoms with Crippen molar-refractivity contribution in [3.8, 4) is 0 Å². The number of sulfonamides is 1. The third-order valence-electron chi connectivity index (χ3n) is 4.88. The average molecular weight is 434 g/mol. The molecule has 0 radical (unpaired) electrons. The lowest BCUT2D eigenvalue weighted by Gasteiger charge is -2.25. The maximum atomic E-state index is 13.2. The number of benzene rings is 1. The number of aromatic nitrogens is 3. The number of aliphatic imine (C=N–C) groups is 1. The molecule has 1 unspecified atom stereocenters. The Balaban J connectivity index is 1.72. The SMILES string of the molecule is COCCN1C(=O)C(=Nc2nc(N3CCOCC3)n[nH]2)C(c2ccccc2)S1(=O)=O. The lowest BCUT2D eigenvalue weighted by Crippen LogP contribution is -2.36. The number of aromatic amines is 1. The van der Waals surface area contributed by atoms with Crippen molar-refractivity contribution in [3.05, 3.63) is 35.9 Å². The molecule has 0 spiro atoms. The van der Waals surface area contributed by atoms with Crippen LogP contribution in [0, 0.1) is 0 Å². The van der Waals surface area contributed by atoms with E-state index in [2.05, 4.69) is 20.2 Å². The highest BCUT2D eigenvalue weighted by Gasteiger charge is 2.50. The molecule has 1 atom stereocenters. The summed E-state index contributed by atoms with van der Waals surface area (Å²) in [5.41, 5.74) is 0.333. The number of nitrogens with zero attached hydrogens (tertiary/aromatic N) is 5. The van der Waals surface area contributed by atoms with Gasteiger partial charge in [-0.3, -0.25) is 4.79 Å². The number of carbonyl (C=O) groups excluding carboxylic acids is 1. The smallest absolute Gasteiger partial charge is 0.283 e. The monoisotopic (exact) mass is 434 g/mol. The van der Waals surface area contributed by atoms with Gasteiger partial charge in [-0.15, -0.1) is 5.10 Å². The second kappa shape index (κ2) is 8.50. The maximum Gasteiger partial charge on any atom is 0.283 e. The van der Waals surface area contributed by atoms with Crippen LogP contribution >= 0.6 is 0 Å². The lowest BCUT2D eigenvalue weighted by molar-refractivity contribution is -0.119. The van der Waals surface area contributed by atoms with Crippen molar-refractivity contribution in [2.24, 2.45) is 4.99 Å². The van der Waals surface area contributed by atoms with E-state index in [0.717, 1.165) is 4.31 Å². The molecule has 2 fully saturated rings. The van der Waals surface area contributed by atoms with Gasteiger partial charge in [-0.2, -0.15) is 4.98 Å². The number of methoxy groups -OCH3 is 1. The van der Waals surface area contributed by atoms with Crippen LogP contribution in [0.5, 0.6) is 0 Å². The van der Waals surface area contributed by atoms with Crippen LogP contribution in [0.4, 0.5) is 11.9 Å². The number of anilines is 1. The summed E-state index contributed by atoms with van der Waals surface area (Å²) in [4.78, 5) is 23.5. The standard InChI is InChI=1S/C18H22N6O5S/c1-28-10-9-24-16(25)14(15(30(24,26)27)13-5-3-2-4-6-13)19-17-20-18(22-21-17)23-7-11-29-12-8-23/h2-6,15H,7-12H2,1H3,(H,20,21,22). The summed E-state index contributed by atoms with van der Waals surface area (Å²) >= 11 is 0. The fraction of sp³-hybridized carbons (Fsp3) is 0.444. The van der Waals surface area contributed by atoms with Crippen molar-refractivity contribution in [2.75, 3.05) is 51.5 Å². The first-order valence-corrected chi connectivity index (χ1v) is 11.0. The first kappa shape index (κ1) is 20.4. The van der Waals surface area contributed by atoms with Gasteiger partial charge < -0.3 is 14.4 Å². The van der Waals surface area contributed by atoms with Crippen LogP contribution in [0.25, 0.3) is 0 Å². The summed E-state index contributed by atoms with van der Waals surface area (Å²) in [6.45, 7) is 2.41. The van der Waals surface area contributed by atoms with Gasteiger partial charge in [0.05, 0.1) is 26.4 Å². The number of nitrogens with one attached hydrogen (secondary N) is 1. The number of ether oxygens (including phenoxy) is 2. The highest BCUT2D eigenvalue weighted by Crippen LogP contribution is 2.35. The average Bonchev–Trinajstić information content (AvgIpc) is 3.29. The second-order valence-electron chi connectivity index (χ2n) is 6.76. The molecule has 0 saturated carbocycles. The molecule has 0 aliphatic carbocycles. The van der Waals surface area contributed by atoms with E-state index in [1.807, 2.05) is 4.90 Å². The third-order valence-corrected chi connectivity index (χ3v) is 6.94. The number of amides is 1. The van der Waals surface area contributed by atoms with Crippen molar-refractivity contribution >= 4 is 33.5 Å². The van der Waals surface area contributed by atoms with Gasteiger partial charge in [-0.05, 0) is 5.56 Å². The molecule has 2 saturated heterocycles. The Kier molecular flexibility index (Phi) is 5.79. The normalized spacial score (nSPS) is 22.8. The molecule has 160 valence electrons. The Morgan fingerprint density at radius 3 is 2.70 bits per heavy atom. The van der Waals surface area contributed by atoms with E-state index in [-0.39, 0.29) is 24.8 Å². The third kappa shape index (κ3) is 3.80. The van der Waals surface area contributed by atoms with E-state index in [0.29, 0.717) is 37.8 Å². The first-order valence-electron chi connectivity index (χ1n) is 9.46. The molecule has 12 heteroatoms. The minimum atomic E-state index is -4.00. The predicted octanol–water partition coefficient (Wildman–Crippen LogP) is 0.274. The Morgan fingerprint density at radius 1 is 1.27 bits per heavy atom. The number of carbonyl (C=O) groups is 1. The summed E-state index contributed by atoms with van der Waals surface area (Å²) in [6.07, 6.45) is 0. The van der Waals surface area contributed by atoms with Gasteiger partial charge >= 0.3 is 0 Å². The van der Waals surface area contributed by atoms with Crippen molar-refractivity contribution < 1.29 is 22.7 Å². The molecule has 2 aromatic rings. The maximum absolute atomic E-state index is 13.2. The Morgan fingerprint density at radius 2 is 2.00 bits per heavy atom. The quantitative estimate of drug-likeness (QED) is 0.686. The van der Waals surface area contributed by atoms with Crippen molar-refractivity contribution in [3.63, 3.8) is 0 Å². The summed E-state index contributed by atoms with van der Waals surface area (Å²) in [5.74, 6) is -0.187. The summed E-state index contributed by atoms with van der Waals surface area (Å²) < 4.78 is 37.4. The van der Waals surface area contributed by atoms with Crippen LogP contribution in [0.2, 0.25) is 0 Å². The fourth-order valence-corrected chi connectivity index (χ4v) is 5.25. The molecular formula is C18H22N6O5S. The van der Waals surface area contributed by atoms with E-state index in [1.165, 1.54) is 7.11 Å². The minimum absolute atomic E-state index is 0.0737. The minimum Gasteiger partial charge on any atom is -0.383 e. The van der Waals surface area contributed by atoms with Crippen LogP contribution < -0.4 is 4.90 Å². The fourth-order valence-electron chi connectivity index (χ4n) is 3.40. The lowest BCUT2D eigenvalue weighted by atomic mass is 10.1. The van der Waals surface area contributed by atoms with Crippen LogP contribution in [-0.2, 0) is 24.3 Å². The van der Waals surface area contributed by atoms with Crippen molar-refractivity contribution in [1.29, 1.82) is 0 Å². The molecule has 1 N–H and O–H groups in total. The molecule has 1 aromatic heterocycles. The van der Waals surface area contributed by atoms with E-state index in [4.69, 9.17) is 9.47 Å². The summed E-state index contributed by atoms with van der Waals surface area (Å²) in [7, 11) is -2.56. The first-order chi connectivity index (χ1) is 14.5. The van der Waals surface area contributed by atoms with E-state index in [1.54, 1.807) is 30.3 Å². The van der Waals surface area contributed by atoms with Crippen LogP contribution in [-0.4, -0.2) is 86.1 Å². The zero-order chi connectivity index (χ0) is 21.1. The molecule has 2 aliphatic heterocycles. The van der Waals surface area contributed by atoms with Gasteiger partial charge in [0.1, 0.15) is 5.71 Å². The highest BCUT2D eigenvalue weighted by atomic mass is 32.2. The summed E-state index contributed by atoms with van der Waals surface area (Å²) in [6, 6.07) is 8.53. The van der Waals surface area contributed by atoms with E-state index < -0.39 is 21.2 Å². The number of hydrogen-bond acceptors (Lipinski definition) is 9. The van der Waals surface area contributed by atoms with Gasteiger partial charge in [-0.1, -0.05) is 30.3 Å². The van der Waals surface area contributed by atoms with E-state index in [9.17, 15) is 13.2 Å². The van der Waals surface area contributed by atoms with Crippen molar-refractivity contribution in [2.45, 2.75) is 5.25 Å². The topological polar surface area (TPSA) is 130 Å². The molecule has 0 bridgehead atoms. The highest BCUT2D eigenvalue weighted by molar-refractivity contribution is 7.91. The van der Waals surface area contributed by atoms with Gasteiger partial charge in [0.15, 0.2) is 5.25 Å². The van der Waals surface area contributed by atoms with Gasteiger partial charge in [0, 0.05) is 20.2 Å². The zero-order valence-corrected chi connectivity index (χ0v) is 17.2. The van der Waals surface area contributed by atoms with Crippen molar-refractivity contribution in [1.82, 2.24) is 19.5 Å². The summed E-state index contributed by atoms with van der Waals surface area (Å²) in [5, 5.41) is 5.61. The molecule has 1 amide bonds. The second-order valence-corrected chi connectivity index (χ2v) is 8.70. The molecule has 3 heterocycles. The van der Waals surface area contributed by atoms with E-state index >= 15 is 0 Å². The van der Waals surface area contributed by atoms with Crippen LogP contribution in [0.15, 0.2) is 35.3 Å². The van der Waals surface area contributed by atoms with Crippen LogP contribution in [0.1, 0.15) is 10.8 Å². The molecular weight excluding hydrogens is 412 g/mol. The Labute approximate surface area is 173 Å². The molecule has 1 aromatic carbocycles. The number of H-pyrrole nitrogens is 1. The molecule has 11 nitrogen and oxygen atoms in total. The Bertz CT molecular complexity index is 1030. The largest absolute Gasteiger partial charge is 0.383 e. The predicted molar refractivity (Wildman–Crippen MR) is 108 cm³/mol. The number of hydrogen-bond donors (Lipinski definition) is 1. The van der Waals surface area contributed by atoms with Crippen LogP contribution in [0.3, 0.4) is 0 Å². The van der Waals surface area contributed by atoms with Gasteiger partial charge in [0.2, 0.25) is 11.9 Å². The number of rotatable bonds is 6. The Hall–Kier alpha value is -2.83. The molecule has 2 aliphatic rings. The molecule has 4 rings (SSSR count). The zero-order valence-electron chi connectivity index (χ0n) is 16.4. The van der Waals surface area contributed by atoms with Gasteiger partial charge in [-0.25, -0.2) is 22.8 Å².